The average molecular weight is 421 g/mol. The van der Waals surface area contributed by atoms with Crippen molar-refractivity contribution in [2.24, 2.45) is 0 Å². The third-order valence-electron chi connectivity index (χ3n) is 5.42. The molecule has 0 aliphatic rings. The van der Waals surface area contributed by atoms with Crippen LogP contribution in [0.25, 0.3) is 39.8 Å². The van der Waals surface area contributed by atoms with E-state index < -0.39 is 0 Å². The predicted molar refractivity (Wildman–Crippen MR) is 121 cm³/mol. The van der Waals surface area contributed by atoms with Crippen LogP contribution in [0.2, 0.25) is 0 Å². The molecule has 6 aromatic rings. The van der Waals surface area contributed by atoms with Crippen molar-refractivity contribution in [1.29, 1.82) is 0 Å². The van der Waals surface area contributed by atoms with Gasteiger partial charge in [0.15, 0.2) is 0 Å². The Hall–Kier alpha value is -4.52. The quantitative estimate of drug-likeness (QED) is 0.474. The summed E-state index contributed by atoms with van der Waals surface area (Å²) < 4.78 is 16.8. The number of halogens is 1. The van der Waals surface area contributed by atoms with Gasteiger partial charge in [0.2, 0.25) is 5.78 Å². The maximum Gasteiger partial charge on any atom is 0.281 e. The number of benzene rings is 3. The Balaban J connectivity index is 1.58. The van der Waals surface area contributed by atoms with E-state index >= 15 is 0 Å². The summed E-state index contributed by atoms with van der Waals surface area (Å²) in [4.78, 5) is 20.8. The lowest BCUT2D eigenvalue weighted by molar-refractivity contribution is 0.628. The summed E-state index contributed by atoms with van der Waals surface area (Å²) in [7, 11) is 0. The molecule has 0 unspecified atom stereocenters. The number of hydrogen-bond donors (Lipinski definition) is 1. The van der Waals surface area contributed by atoms with Crippen molar-refractivity contribution in [3.8, 4) is 16.9 Å². The van der Waals surface area contributed by atoms with Crippen molar-refractivity contribution < 1.29 is 4.39 Å². The van der Waals surface area contributed by atoms with Crippen LogP contribution >= 0.6 is 0 Å². The summed E-state index contributed by atoms with van der Waals surface area (Å²) in [5.74, 6) is 0.169. The standard InChI is InChI=1S/C25H16FN5O/c26-18-12-10-16(11-13-18)23-17(15-30(29-23)19-6-2-1-3-7-19)14-21-24(32)31-22-9-5-4-8-20(22)27-25(31)28-21/h1-15H,(H,27,28). The first-order valence-corrected chi connectivity index (χ1v) is 10.1. The monoisotopic (exact) mass is 421 g/mol. The normalized spacial score (nSPS) is 12.2. The zero-order valence-corrected chi connectivity index (χ0v) is 16.7. The van der Waals surface area contributed by atoms with Crippen LogP contribution in [-0.4, -0.2) is 24.1 Å². The van der Waals surface area contributed by atoms with Crippen molar-refractivity contribution in [2.45, 2.75) is 0 Å². The van der Waals surface area contributed by atoms with Gasteiger partial charge in [0.05, 0.1) is 16.7 Å². The molecular formula is C25H16FN5O. The summed E-state index contributed by atoms with van der Waals surface area (Å²) in [5.41, 5.74) is 4.32. The maximum atomic E-state index is 13.5. The molecule has 0 atom stereocenters. The van der Waals surface area contributed by atoms with E-state index in [4.69, 9.17) is 5.10 Å². The number of para-hydroxylation sites is 3. The number of H-pyrrole nitrogens is 1. The third-order valence-corrected chi connectivity index (χ3v) is 5.42. The molecule has 0 aliphatic heterocycles. The Morgan fingerprint density at radius 3 is 2.47 bits per heavy atom. The second-order valence-electron chi connectivity index (χ2n) is 7.47. The van der Waals surface area contributed by atoms with Gasteiger partial charge in [-0.2, -0.15) is 5.10 Å². The van der Waals surface area contributed by atoms with Crippen LogP contribution in [0.1, 0.15) is 5.56 Å². The fraction of sp³-hybridized carbons (Fsp3) is 0. The lowest BCUT2D eigenvalue weighted by Gasteiger charge is -2.00. The van der Waals surface area contributed by atoms with Gasteiger partial charge in [-0.15, -0.1) is 0 Å². The molecule has 0 aliphatic carbocycles. The highest BCUT2D eigenvalue weighted by atomic mass is 19.1. The zero-order chi connectivity index (χ0) is 21.7. The van der Waals surface area contributed by atoms with Gasteiger partial charge in [0, 0.05) is 17.3 Å². The summed E-state index contributed by atoms with van der Waals surface area (Å²) >= 11 is 0. The summed E-state index contributed by atoms with van der Waals surface area (Å²) in [5, 5.41) is 5.12. The van der Waals surface area contributed by atoms with Crippen LogP contribution in [0.5, 0.6) is 0 Å². The van der Waals surface area contributed by atoms with Gasteiger partial charge >= 0.3 is 0 Å². The Morgan fingerprint density at radius 1 is 0.906 bits per heavy atom. The molecule has 0 saturated carbocycles. The van der Waals surface area contributed by atoms with Crippen LogP contribution in [0.4, 0.5) is 4.39 Å². The Morgan fingerprint density at radius 2 is 1.66 bits per heavy atom. The third kappa shape index (κ3) is 2.91. The van der Waals surface area contributed by atoms with E-state index in [1.54, 1.807) is 27.3 Å². The molecule has 6 rings (SSSR count). The Labute approximate surface area is 180 Å². The summed E-state index contributed by atoms with van der Waals surface area (Å²) in [6, 6.07) is 23.3. The van der Waals surface area contributed by atoms with E-state index in [1.807, 2.05) is 60.8 Å². The largest absolute Gasteiger partial charge is 0.321 e. The van der Waals surface area contributed by atoms with Gasteiger partial charge in [-0.3, -0.25) is 4.79 Å². The molecule has 6 nitrogen and oxygen atoms in total. The van der Waals surface area contributed by atoms with Crippen molar-refractivity contribution in [2.75, 3.05) is 0 Å². The fourth-order valence-electron chi connectivity index (χ4n) is 3.90. The molecule has 7 heteroatoms. The molecule has 154 valence electrons. The number of nitrogens with one attached hydrogen (secondary N) is 1. The fourth-order valence-corrected chi connectivity index (χ4v) is 3.90. The molecule has 32 heavy (non-hydrogen) atoms. The maximum absolute atomic E-state index is 13.5. The van der Waals surface area contributed by atoms with Gasteiger partial charge in [0.1, 0.15) is 16.9 Å². The van der Waals surface area contributed by atoms with Gasteiger partial charge in [-0.05, 0) is 54.6 Å². The summed E-state index contributed by atoms with van der Waals surface area (Å²) in [6.45, 7) is 0. The first kappa shape index (κ1) is 18.3. The van der Waals surface area contributed by atoms with Gasteiger partial charge in [-0.25, -0.2) is 18.5 Å². The molecular weight excluding hydrogens is 405 g/mol. The molecule has 3 aromatic carbocycles. The van der Waals surface area contributed by atoms with Crippen LogP contribution in [0.15, 0.2) is 89.9 Å². The van der Waals surface area contributed by atoms with Crippen molar-refractivity contribution in [3.05, 3.63) is 112 Å². The van der Waals surface area contributed by atoms with E-state index in [0.717, 1.165) is 27.8 Å². The van der Waals surface area contributed by atoms with E-state index in [9.17, 15) is 9.18 Å². The molecule has 0 saturated heterocycles. The molecule has 0 fully saturated rings. The average Bonchev–Trinajstić information content (AvgIpc) is 3.48. The van der Waals surface area contributed by atoms with Crippen LogP contribution in [-0.2, 0) is 0 Å². The second-order valence-corrected chi connectivity index (χ2v) is 7.47. The van der Waals surface area contributed by atoms with E-state index in [-0.39, 0.29) is 11.4 Å². The molecule has 3 heterocycles. The molecule has 0 bridgehead atoms. The number of aromatic amines is 1. The minimum atomic E-state index is -0.318. The molecule has 0 amide bonds. The Kier molecular flexibility index (Phi) is 4.01. The van der Waals surface area contributed by atoms with E-state index in [0.29, 0.717) is 16.8 Å². The number of hydrogen-bond acceptors (Lipinski definition) is 3. The van der Waals surface area contributed by atoms with Gasteiger partial charge in [-0.1, -0.05) is 30.3 Å². The number of nitrogens with zero attached hydrogens (tertiary/aromatic N) is 4. The van der Waals surface area contributed by atoms with Crippen molar-refractivity contribution in [3.63, 3.8) is 0 Å². The Bertz CT molecular complexity index is 1700. The predicted octanol–water partition coefficient (Wildman–Crippen LogP) is 3.72. The lowest BCUT2D eigenvalue weighted by atomic mass is 10.1. The molecule has 0 radical (unpaired) electrons. The van der Waals surface area contributed by atoms with E-state index in [2.05, 4.69) is 9.97 Å². The van der Waals surface area contributed by atoms with Crippen LogP contribution in [0, 0.1) is 5.82 Å². The zero-order valence-electron chi connectivity index (χ0n) is 16.7. The smallest absolute Gasteiger partial charge is 0.281 e. The number of aromatic nitrogens is 5. The highest BCUT2D eigenvalue weighted by molar-refractivity contribution is 5.79. The SMILES string of the molecule is O=c1c(=Cc2cn(-c3ccccc3)nc2-c2ccc(F)cc2)[nH]c2nc3ccccc3n12. The first-order chi connectivity index (χ1) is 15.7. The minimum absolute atomic E-state index is 0.189. The lowest BCUT2D eigenvalue weighted by Crippen LogP contribution is -2.25. The number of rotatable bonds is 3. The minimum Gasteiger partial charge on any atom is -0.321 e. The molecule has 1 N–H and O–H groups in total. The first-order valence-electron chi connectivity index (χ1n) is 10.1. The number of imidazole rings is 2. The van der Waals surface area contributed by atoms with Gasteiger partial charge in [0.25, 0.3) is 5.56 Å². The van der Waals surface area contributed by atoms with Crippen LogP contribution < -0.4 is 10.9 Å². The van der Waals surface area contributed by atoms with Gasteiger partial charge < -0.3 is 4.98 Å². The second kappa shape index (κ2) is 7.02. The summed E-state index contributed by atoms with van der Waals surface area (Å²) in [6.07, 6.45) is 3.62. The van der Waals surface area contributed by atoms with Crippen molar-refractivity contribution >= 4 is 22.9 Å². The topological polar surface area (TPSA) is 68.0 Å². The molecule has 3 aromatic heterocycles. The van der Waals surface area contributed by atoms with Crippen LogP contribution in [0.3, 0.4) is 0 Å². The highest BCUT2D eigenvalue weighted by Crippen LogP contribution is 2.24. The highest BCUT2D eigenvalue weighted by Gasteiger charge is 2.14. The van der Waals surface area contributed by atoms with Crippen molar-refractivity contribution in [1.82, 2.24) is 24.1 Å². The number of fused-ring (bicyclic) bond motifs is 3. The van der Waals surface area contributed by atoms with E-state index in [1.165, 1.54) is 12.1 Å². The molecule has 0 spiro atoms.